The SMILES string of the molecule is COC(=O)CC1(C(=O)Nc2ccc(-c3ccccc3S(N)(=O)=O)cc2F)C=C(c2cccc(C(=N)N)c2)NO1. The third kappa shape index (κ3) is 5.80. The van der Waals surface area contributed by atoms with Gasteiger partial charge < -0.3 is 15.8 Å². The minimum Gasteiger partial charge on any atom is -0.469 e. The maximum atomic E-state index is 15.1. The summed E-state index contributed by atoms with van der Waals surface area (Å²) in [5, 5.41) is 15.3. The van der Waals surface area contributed by atoms with E-state index in [2.05, 4.69) is 10.8 Å². The average Bonchev–Trinajstić information content (AvgIpc) is 3.34. The van der Waals surface area contributed by atoms with Gasteiger partial charge in [-0.05, 0) is 35.9 Å². The van der Waals surface area contributed by atoms with E-state index in [1.54, 1.807) is 30.3 Å². The number of carbonyl (C=O) groups is 2. The summed E-state index contributed by atoms with van der Waals surface area (Å²) in [4.78, 5) is 30.9. The van der Waals surface area contributed by atoms with Gasteiger partial charge in [0.15, 0.2) is 0 Å². The van der Waals surface area contributed by atoms with Crippen molar-refractivity contribution in [2.75, 3.05) is 12.4 Å². The lowest BCUT2D eigenvalue weighted by Gasteiger charge is -2.23. The van der Waals surface area contributed by atoms with Gasteiger partial charge in [-0.1, -0.05) is 42.5 Å². The number of primary sulfonamides is 1. The van der Waals surface area contributed by atoms with Gasteiger partial charge in [0, 0.05) is 16.7 Å². The molecular weight excluding hydrogens is 529 g/mol. The molecule has 0 radical (unpaired) electrons. The number of ether oxygens (including phenoxy) is 1. The van der Waals surface area contributed by atoms with E-state index in [9.17, 15) is 18.0 Å². The van der Waals surface area contributed by atoms with Crippen molar-refractivity contribution in [3.8, 4) is 11.1 Å². The van der Waals surface area contributed by atoms with Crippen LogP contribution in [0.5, 0.6) is 0 Å². The first-order valence-corrected chi connectivity index (χ1v) is 12.9. The molecule has 0 aliphatic carbocycles. The number of amidine groups is 1. The zero-order chi connectivity index (χ0) is 28.4. The van der Waals surface area contributed by atoms with Crippen molar-refractivity contribution in [2.45, 2.75) is 16.9 Å². The summed E-state index contributed by atoms with van der Waals surface area (Å²) in [7, 11) is -2.93. The quantitative estimate of drug-likeness (QED) is 0.160. The molecule has 1 unspecified atom stereocenters. The van der Waals surface area contributed by atoms with Crippen LogP contribution in [-0.4, -0.2) is 38.8 Å². The fourth-order valence-electron chi connectivity index (χ4n) is 3.97. The molecule has 4 rings (SSSR count). The topological polar surface area (TPSA) is 187 Å². The van der Waals surface area contributed by atoms with Crippen LogP contribution in [0.4, 0.5) is 10.1 Å². The van der Waals surface area contributed by atoms with Crippen molar-refractivity contribution >= 4 is 39.1 Å². The van der Waals surface area contributed by atoms with E-state index >= 15 is 4.39 Å². The highest BCUT2D eigenvalue weighted by atomic mass is 32.2. The lowest BCUT2D eigenvalue weighted by molar-refractivity contribution is -0.154. The summed E-state index contributed by atoms with van der Waals surface area (Å²) in [6.45, 7) is 0. The molecule has 3 aromatic carbocycles. The smallest absolute Gasteiger partial charge is 0.309 e. The number of halogens is 1. The van der Waals surface area contributed by atoms with Crippen LogP contribution in [0.1, 0.15) is 17.5 Å². The molecule has 11 nitrogen and oxygen atoms in total. The van der Waals surface area contributed by atoms with E-state index in [0.717, 1.165) is 13.2 Å². The molecule has 0 spiro atoms. The number of nitrogens with two attached hydrogens (primary N) is 2. The molecule has 13 heteroatoms. The molecule has 202 valence electrons. The molecule has 0 saturated carbocycles. The van der Waals surface area contributed by atoms with Gasteiger partial charge in [-0.25, -0.2) is 17.9 Å². The van der Waals surface area contributed by atoms with E-state index in [1.165, 1.54) is 36.4 Å². The second kappa shape index (κ2) is 10.6. The molecule has 0 saturated heterocycles. The van der Waals surface area contributed by atoms with Crippen LogP contribution in [0.2, 0.25) is 0 Å². The molecule has 3 aromatic rings. The number of esters is 1. The van der Waals surface area contributed by atoms with Crippen molar-refractivity contribution < 1.29 is 32.0 Å². The van der Waals surface area contributed by atoms with Crippen molar-refractivity contribution in [3.05, 3.63) is 89.8 Å². The number of methoxy groups -OCH3 is 1. The number of anilines is 1. The zero-order valence-corrected chi connectivity index (χ0v) is 21.3. The number of amides is 1. The Hall–Kier alpha value is -4.59. The van der Waals surface area contributed by atoms with Crippen LogP contribution >= 0.6 is 0 Å². The number of nitrogens with one attached hydrogen (secondary N) is 3. The molecule has 0 fully saturated rings. The monoisotopic (exact) mass is 553 g/mol. The minimum absolute atomic E-state index is 0.166. The molecule has 1 heterocycles. The Morgan fingerprint density at radius 3 is 2.51 bits per heavy atom. The predicted molar refractivity (Wildman–Crippen MR) is 141 cm³/mol. The molecule has 39 heavy (non-hydrogen) atoms. The van der Waals surface area contributed by atoms with Gasteiger partial charge in [0.25, 0.3) is 5.91 Å². The van der Waals surface area contributed by atoms with Gasteiger partial charge in [-0.3, -0.25) is 25.3 Å². The van der Waals surface area contributed by atoms with Crippen LogP contribution in [0.3, 0.4) is 0 Å². The number of sulfonamides is 1. The number of hydroxylamine groups is 1. The van der Waals surface area contributed by atoms with Crippen molar-refractivity contribution in [2.24, 2.45) is 10.9 Å². The maximum Gasteiger partial charge on any atom is 0.309 e. The fraction of sp³-hybridized carbons (Fsp3) is 0.115. The summed E-state index contributed by atoms with van der Waals surface area (Å²) in [6.07, 6.45) is 0.812. The van der Waals surface area contributed by atoms with Gasteiger partial charge in [0.1, 0.15) is 11.7 Å². The third-order valence-electron chi connectivity index (χ3n) is 5.95. The number of hydrogen-bond acceptors (Lipinski definition) is 8. The Balaban J connectivity index is 1.66. The minimum atomic E-state index is -4.08. The van der Waals surface area contributed by atoms with Gasteiger partial charge >= 0.3 is 5.97 Å². The summed E-state index contributed by atoms with van der Waals surface area (Å²) < 4.78 is 43.8. The van der Waals surface area contributed by atoms with E-state index in [-0.39, 0.29) is 27.5 Å². The number of hydrogen-bond donors (Lipinski definition) is 5. The van der Waals surface area contributed by atoms with Crippen LogP contribution in [0, 0.1) is 11.2 Å². The Morgan fingerprint density at radius 1 is 1.10 bits per heavy atom. The molecule has 7 N–H and O–H groups in total. The second-order valence-electron chi connectivity index (χ2n) is 8.59. The van der Waals surface area contributed by atoms with Crippen molar-refractivity contribution in [3.63, 3.8) is 0 Å². The second-order valence-corrected chi connectivity index (χ2v) is 10.1. The summed E-state index contributed by atoms with van der Waals surface area (Å²) >= 11 is 0. The van der Waals surface area contributed by atoms with E-state index in [4.69, 9.17) is 25.9 Å². The lowest BCUT2D eigenvalue weighted by atomic mass is 9.95. The summed E-state index contributed by atoms with van der Waals surface area (Å²) in [6, 6.07) is 16.1. The standard InChI is InChI=1S/C26H24FN5O6S/c1-37-23(33)14-26(13-21(32-38-26)16-5-4-6-17(11-16)24(28)29)25(34)31-20-10-9-15(12-19(20)27)18-7-2-3-8-22(18)39(30,35)36/h2-13,32H,14H2,1H3,(H3,28,29)(H,31,34)(H2,30,35,36). The Morgan fingerprint density at radius 2 is 1.85 bits per heavy atom. The first kappa shape index (κ1) is 27.4. The van der Waals surface area contributed by atoms with Crippen molar-refractivity contribution in [1.82, 2.24) is 5.48 Å². The number of rotatable bonds is 8. The fourth-order valence-corrected chi connectivity index (χ4v) is 4.73. The van der Waals surface area contributed by atoms with Gasteiger partial charge in [-0.2, -0.15) is 0 Å². The highest BCUT2D eigenvalue weighted by Crippen LogP contribution is 2.33. The molecule has 1 aliphatic heterocycles. The van der Waals surface area contributed by atoms with Crippen LogP contribution in [0.25, 0.3) is 16.8 Å². The summed E-state index contributed by atoms with van der Waals surface area (Å²) in [5.74, 6) is -2.68. The molecule has 0 aromatic heterocycles. The predicted octanol–water partition coefficient (Wildman–Crippen LogP) is 2.24. The van der Waals surface area contributed by atoms with Gasteiger partial charge in [0.05, 0.1) is 29.8 Å². The van der Waals surface area contributed by atoms with E-state index in [0.29, 0.717) is 16.8 Å². The highest BCUT2D eigenvalue weighted by molar-refractivity contribution is 7.89. The van der Waals surface area contributed by atoms with Crippen LogP contribution in [-0.2, 0) is 29.2 Å². The van der Waals surface area contributed by atoms with Gasteiger partial charge in [-0.15, -0.1) is 0 Å². The number of benzene rings is 3. The highest BCUT2D eigenvalue weighted by Gasteiger charge is 2.46. The first-order chi connectivity index (χ1) is 18.4. The third-order valence-corrected chi connectivity index (χ3v) is 6.92. The molecule has 1 amide bonds. The average molecular weight is 554 g/mol. The van der Waals surface area contributed by atoms with Gasteiger partial charge in [0.2, 0.25) is 15.6 Å². The molecule has 1 atom stereocenters. The molecule has 0 bridgehead atoms. The Kier molecular flexibility index (Phi) is 7.49. The Bertz CT molecular complexity index is 1620. The van der Waals surface area contributed by atoms with E-state index < -0.39 is 39.7 Å². The number of nitrogen functional groups attached to an aromatic ring is 1. The van der Waals surface area contributed by atoms with Crippen molar-refractivity contribution in [1.29, 1.82) is 5.41 Å². The zero-order valence-electron chi connectivity index (χ0n) is 20.5. The lowest BCUT2D eigenvalue weighted by Crippen LogP contribution is -2.45. The first-order valence-electron chi connectivity index (χ1n) is 11.4. The molecular formula is C26H24FN5O6S. The Labute approximate surface area is 223 Å². The largest absolute Gasteiger partial charge is 0.469 e. The normalized spacial score (nSPS) is 16.6. The maximum absolute atomic E-state index is 15.1. The van der Waals surface area contributed by atoms with Crippen LogP contribution < -0.4 is 21.7 Å². The summed E-state index contributed by atoms with van der Waals surface area (Å²) in [5.41, 5.74) is 7.66. The number of carbonyl (C=O) groups excluding carboxylic acids is 2. The van der Waals surface area contributed by atoms with Crippen LogP contribution in [0.15, 0.2) is 77.7 Å². The molecule has 1 aliphatic rings. The van der Waals surface area contributed by atoms with E-state index in [1.807, 2.05) is 0 Å².